The second kappa shape index (κ2) is 5.12. The summed E-state index contributed by atoms with van der Waals surface area (Å²) in [7, 11) is 0. The number of carbonyl (C=O) groups is 2. The van der Waals surface area contributed by atoms with Crippen LogP contribution in [0.4, 0.5) is 0 Å². The third-order valence-corrected chi connectivity index (χ3v) is 4.95. The Morgan fingerprint density at radius 3 is 2.16 bits per heavy atom. The van der Waals surface area contributed by atoms with Crippen LogP contribution in [0.1, 0.15) is 32.1 Å². The standard InChI is InChI=1S/C14H23N3O2/c15-12-10-4-3-9(7-10)11(12)14(19)17-6-5-16-13(18)8-1-2-8/h8-12H,1-7,15H2,(H,16,18)(H,17,19). The van der Waals surface area contributed by atoms with E-state index < -0.39 is 0 Å². The van der Waals surface area contributed by atoms with Gasteiger partial charge in [0.25, 0.3) is 0 Å². The minimum atomic E-state index is -0.00196. The SMILES string of the molecule is NC1C2CCC(C2)C1C(=O)NCCNC(=O)C1CC1. The average Bonchev–Trinajstić information content (AvgIpc) is 3.07. The summed E-state index contributed by atoms with van der Waals surface area (Å²) < 4.78 is 0. The fourth-order valence-electron chi connectivity index (χ4n) is 3.70. The van der Waals surface area contributed by atoms with E-state index in [0.717, 1.165) is 25.7 Å². The molecule has 4 unspecified atom stereocenters. The molecule has 0 aromatic carbocycles. The number of hydrogen-bond donors (Lipinski definition) is 3. The number of amides is 2. The first kappa shape index (κ1) is 12.9. The van der Waals surface area contributed by atoms with E-state index in [-0.39, 0.29) is 29.7 Å². The number of nitrogens with one attached hydrogen (secondary N) is 2. The predicted octanol–water partition coefficient (Wildman–Crippen LogP) is 0.00220. The molecule has 4 atom stereocenters. The van der Waals surface area contributed by atoms with E-state index in [9.17, 15) is 9.59 Å². The minimum absolute atomic E-state index is 0.00196. The molecular weight excluding hydrogens is 242 g/mol. The topological polar surface area (TPSA) is 84.2 Å². The molecule has 3 saturated carbocycles. The van der Waals surface area contributed by atoms with Crippen LogP contribution in [0, 0.1) is 23.7 Å². The van der Waals surface area contributed by atoms with E-state index in [1.54, 1.807) is 0 Å². The summed E-state index contributed by atoms with van der Waals surface area (Å²) in [5, 5.41) is 5.77. The highest BCUT2D eigenvalue weighted by atomic mass is 16.2. The fraction of sp³-hybridized carbons (Fsp3) is 0.857. The highest BCUT2D eigenvalue weighted by molar-refractivity contribution is 5.81. The number of rotatable bonds is 5. The zero-order chi connectivity index (χ0) is 13.4. The summed E-state index contributed by atoms with van der Waals surface area (Å²) in [6.45, 7) is 1.04. The summed E-state index contributed by atoms with van der Waals surface area (Å²) in [6.07, 6.45) is 5.48. The van der Waals surface area contributed by atoms with Gasteiger partial charge in [0.2, 0.25) is 11.8 Å². The predicted molar refractivity (Wildman–Crippen MR) is 71.0 cm³/mol. The van der Waals surface area contributed by atoms with Crippen molar-refractivity contribution in [2.75, 3.05) is 13.1 Å². The largest absolute Gasteiger partial charge is 0.354 e. The number of nitrogens with two attached hydrogens (primary N) is 1. The van der Waals surface area contributed by atoms with Gasteiger partial charge >= 0.3 is 0 Å². The Morgan fingerprint density at radius 1 is 0.947 bits per heavy atom. The number of carbonyl (C=O) groups excluding carboxylic acids is 2. The van der Waals surface area contributed by atoms with Crippen LogP contribution in [0.15, 0.2) is 0 Å². The van der Waals surface area contributed by atoms with Crippen LogP contribution in [0.25, 0.3) is 0 Å². The Hall–Kier alpha value is -1.10. The molecule has 0 heterocycles. The highest BCUT2D eigenvalue weighted by Gasteiger charge is 2.48. The molecule has 0 spiro atoms. The van der Waals surface area contributed by atoms with Gasteiger partial charge < -0.3 is 16.4 Å². The molecule has 0 aromatic heterocycles. The molecule has 3 fully saturated rings. The van der Waals surface area contributed by atoms with E-state index in [1.165, 1.54) is 6.42 Å². The number of hydrogen-bond acceptors (Lipinski definition) is 3. The molecule has 4 N–H and O–H groups in total. The van der Waals surface area contributed by atoms with Gasteiger partial charge in [-0.3, -0.25) is 9.59 Å². The molecule has 2 amide bonds. The Morgan fingerprint density at radius 2 is 1.58 bits per heavy atom. The van der Waals surface area contributed by atoms with Gasteiger partial charge in [-0.25, -0.2) is 0 Å². The first-order valence-electron chi connectivity index (χ1n) is 7.48. The van der Waals surface area contributed by atoms with Gasteiger partial charge in [0, 0.05) is 25.0 Å². The second-order valence-electron chi connectivity index (χ2n) is 6.29. The molecule has 0 radical (unpaired) electrons. The zero-order valence-corrected chi connectivity index (χ0v) is 11.2. The van der Waals surface area contributed by atoms with Gasteiger partial charge in [-0.1, -0.05) is 0 Å². The van der Waals surface area contributed by atoms with E-state index in [1.807, 2.05) is 0 Å². The van der Waals surface area contributed by atoms with Crippen molar-refractivity contribution in [2.45, 2.75) is 38.1 Å². The Bertz CT molecular complexity index is 379. The van der Waals surface area contributed by atoms with Crippen molar-refractivity contribution >= 4 is 11.8 Å². The smallest absolute Gasteiger partial charge is 0.225 e. The lowest BCUT2D eigenvalue weighted by Crippen LogP contribution is -2.46. The summed E-state index contributed by atoms with van der Waals surface area (Å²) in [4.78, 5) is 23.6. The van der Waals surface area contributed by atoms with E-state index in [2.05, 4.69) is 10.6 Å². The van der Waals surface area contributed by atoms with Gasteiger partial charge in [-0.2, -0.15) is 0 Å². The summed E-state index contributed by atoms with van der Waals surface area (Å²) in [5.74, 6) is 1.48. The van der Waals surface area contributed by atoms with E-state index in [0.29, 0.717) is 24.9 Å². The average molecular weight is 265 g/mol. The maximum atomic E-state index is 12.1. The van der Waals surface area contributed by atoms with Crippen molar-refractivity contribution in [3.8, 4) is 0 Å². The molecule has 3 aliphatic rings. The lowest BCUT2D eigenvalue weighted by Gasteiger charge is -2.27. The van der Waals surface area contributed by atoms with Crippen molar-refractivity contribution in [3.63, 3.8) is 0 Å². The molecule has 5 nitrogen and oxygen atoms in total. The first-order chi connectivity index (χ1) is 9.16. The number of fused-ring (bicyclic) bond motifs is 2. The Balaban J connectivity index is 1.38. The van der Waals surface area contributed by atoms with Crippen molar-refractivity contribution in [1.29, 1.82) is 0 Å². The fourth-order valence-corrected chi connectivity index (χ4v) is 3.70. The molecule has 2 bridgehead atoms. The van der Waals surface area contributed by atoms with Crippen LogP contribution in [-0.2, 0) is 9.59 Å². The molecule has 0 aliphatic heterocycles. The van der Waals surface area contributed by atoms with E-state index >= 15 is 0 Å². The van der Waals surface area contributed by atoms with Gasteiger partial charge in [0.15, 0.2) is 0 Å². The van der Waals surface area contributed by atoms with Crippen LogP contribution >= 0.6 is 0 Å². The van der Waals surface area contributed by atoms with Crippen LogP contribution in [-0.4, -0.2) is 30.9 Å². The summed E-state index contributed by atoms with van der Waals surface area (Å²) in [6, 6.07) is 0.0415. The van der Waals surface area contributed by atoms with Gasteiger partial charge in [-0.05, 0) is 43.9 Å². The normalized spacial score (nSPS) is 36.3. The van der Waals surface area contributed by atoms with Crippen molar-refractivity contribution in [3.05, 3.63) is 0 Å². The monoisotopic (exact) mass is 265 g/mol. The van der Waals surface area contributed by atoms with Crippen LogP contribution in [0.3, 0.4) is 0 Å². The second-order valence-corrected chi connectivity index (χ2v) is 6.29. The molecule has 19 heavy (non-hydrogen) atoms. The quantitative estimate of drug-likeness (QED) is 0.612. The lowest BCUT2D eigenvalue weighted by atomic mass is 9.84. The molecule has 106 valence electrons. The Labute approximate surface area is 113 Å². The zero-order valence-electron chi connectivity index (χ0n) is 11.2. The first-order valence-corrected chi connectivity index (χ1v) is 7.48. The maximum absolute atomic E-state index is 12.1. The molecular formula is C14H23N3O2. The van der Waals surface area contributed by atoms with E-state index in [4.69, 9.17) is 5.73 Å². The lowest BCUT2D eigenvalue weighted by molar-refractivity contribution is -0.127. The third kappa shape index (κ3) is 2.61. The highest BCUT2D eigenvalue weighted by Crippen LogP contribution is 2.47. The third-order valence-electron chi connectivity index (χ3n) is 4.95. The molecule has 0 aromatic rings. The van der Waals surface area contributed by atoms with Gasteiger partial charge in [-0.15, -0.1) is 0 Å². The maximum Gasteiger partial charge on any atom is 0.225 e. The van der Waals surface area contributed by atoms with Crippen LogP contribution in [0.2, 0.25) is 0 Å². The van der Waals surface area contributed by atoms with Gasteiger partial charge in [0.05, 0.1) is 5.92 Å². The molecule has 5 heteroatoms. The molecule has 0 saturated heterocycles. The summed E-state index contributed by atoms with van der Waals surface area (Å²) in [5.41, 5.74) is 6.13. The van der Waals surface area contributed by atoms with Gasteiger partial charge in [0.1, 0.15) is 0 Å². The molecule has 3 rings (SSSR count). The van der Waals surface area contributed by atoms with Crippen LogP contribution in [0.5, 0.6) is 0 Å². The van der Waals surface area contributed by atoms with Crippen LogP contribution < -0.4 is 16.4 Å². The van der Waals surface area contributed by atoms with Crippen molar-refractivity contribution < 1.29 is 9.59 Å². The summed E-state index contributed by atoms with van der Waals surface area (Å²) >= 11 is 0. The minimum Gasteiger partial charge on any atom is -0.354 e. The van der Waals surface area contributed by atoms with Crippen molar-refractivity contribution in [2.24, 2.45) is 29.4 Å². The van der Waals surface area contributed by atoms with Crippen molar-refractivity contribution in [1.82, 2.24) is 10.6 Å². The molecule has 3 aliphatic carbocycles. The Kier molecular flexibility index (Phi) is 3.48.